The van der Waals surface area contributed by atoms with Gasteiger partial charge in [0.15, 0.2) is 0 Å². The third kappa shape index (κ3) is 20.1. The van der Waals surface area contributed by atoms with Gasteiger partial charge in [0.1, 0.15) is 0 Å². The van der Waals surface area contributed by atoms with Crippen molar-refractivity contribution in [2.24, 2.45) is 0 Å². The Hall–Kier alpha value is 0.115. The van der Waals surface area contributed by atoms with Crippen LogP contribution in [0.5, 0.6) is 0 Å². The second kappa shape index (κ2) is 18.5. The highest BCUT2D eigenvalue weighted by Crippen LogP contribution is 2.14. The van der Waals surface area contributed by atoms with E-state index in [1.807, 2.05) is 0 Å². The van der Waals surface area contributed by atoms with Crippen LogP contribution in [0, 0.1) is 0 Å². The lowest BCUT2D eigenvalue weighted by Gasteiger charge is -2.04. The average molecular weight is 365 g/mol. The first kappa shape index (κ1) is 23.1. The number of rotatable bonds is 17. The number of hydrogen-bond donors (Lipinski definition) is 0. The molecule has 0 aliphatic heterocycles. The molecule has 0 fully saturated rings. The molecule has 2 nitrogen and oxygen atoms in total. The highest BCUT2D eigenvalue weighted by atomic mass is 35.5. The summed E-state index contributed by atoms with van der Waals surface area (Å²) in [6.45, 7) is 2.27. The summed E-state index contributed by atoms with van der Waals surface area (Å²) in [4.78, 5) is 11.2. The van der Waals surface area contributed by atoms with E-state index >= 15 is 0 Å². The van der Waals surface area contributed by atoms with Gasteiger partial charge in [0.2, 0.25) is 0 Å². The Morgan fingerprint density at radius 2 is 1.04 bits per heavy atom. The fraction of sp³-hybridized carbons (Fsp3) is 0.944. The molecule has 0 amide bonds. The first-order valence-electron chi connectivity index (χ1n) is 9.64. The minimum Gasteiger partial charge on any atom is -0.507 e. The molecule has 136 valence electrons. The van der Waals surface area contributed by atoms with Gasteiger partial charge in [-0.05, 0) is 6.42 Å². The molecule has 0 rings (SSSR count). The molecule has 0 saturated carbocycles. The van der Waals surface area contributed by atoms with Crippen LogP contribution in [0.4, 0.5) is 0 Å². The Morgan fingerprint density at radius 3 is 1.39 bits per heavy atom. The standard InChI is InChI=1S/C18H35BCl2O2/c1-2-3-4-5-6-7-8-9-10-11-12-13-14-15-16-17-18(22)23-19(20)21/h2-17H2,1H3. The highest BCUT2D eigenvalue weighted by molar-refractivity contribution is 7.31. The van der Waals surface area contributed by atoms with Gasteiger partial charge >= 0.3 is 5.75 Å². The van der Waals surface area contributed by atoms with Gasteiger partial charge in [-0.2, -0.15) is 0 Å². The van der Waals surface area contributed by atoms with Crippen LogP contribution in [0.1, 0.15) is 110 Å². The first-order valence-corrected chi connectivity index (χ1v) is 10.5. The summed E-state index contributed by atoms with van der Waals surface area (Å²) in [6, 6.07) is 0. The molecular formula is C18H35BCl2O2. The van der Waals surface area contributed by atoms with Crippen LogP contribution in [0.3, 0.4) is 0 Å². The summed E-state index contributed by atoms with van der Waals surface area (Å²) >= 11 is 10.7. The number of halogens is 2. The van der Waals surface area contributed by atoms with Gasteiger partial charge in [0.25, 0.3) is 5.97 Å². The van der Waals surface area contributed by atoms with Gasteiger partial charge in [0, 0.05) is 6.42 Å². The zero-order valence-electron chi connectivity index (χ0n) is 15.0. The quantitative estimate of drug-likeness (QED) is 0.200. The second-order valence-corrected chi connectivity index (χ2v) is 7.47. The Bertz CT molecular complexity index is 263. The molecule has 0 bridgehead atoms. The van der Waals surface area contributed by atoms with Crippen molar-refractivity contribution < 1.29 is 9.45 Å². The molecule has 23 heavy (non-hydrogen) atoms. The maximum atomic E-state index is 11.2. The summed E-state index contributed by atoms with van der Waals surface area (Å²) in [6.07, 6.45) is 20.2. The number of carbonyl (C=O) groups is 1. The van der Waals surface area contributed by atoms with Gasteiger partial charge in [0.05, 0.1) is 0 Å². The van der Waals surface area contributed by atoms with E-state index in [9.17, 15) is 4.79 Å². The molecule has 0 N–H and O–H groups in total. The smallest absolute Gasteiger partial charge is 0.507 e. The summed E-state index contributed by atoms with van der Waals surface area (Å²) < 4.78 is 4.66. The molecule has 5 heteroatoms. The van der Waals surface area contributed by atoms with Crippen LogP contribution in [-0.2, 0) is 9.45 Å². The largest absolute Gasteiger partial charge is 0.578 e. The van der Waals surface area contributed by atoms with Gasteiger partial charge in [-0.25, -0.2) is 0 Å². The van der Waals surface area contributed by atoms with Crippen LogP contribution in [-0.4, -0.2) is 11.7 Å². The van der Waals surface area contributed by atoms with Crippen LogP contribution < -0.4 is 0 Å². The normalized spacial score (nSPS) is 10.7. The molecule has 0 aliphatic rings. The van der Waals surface area contributed by atoms with Crippen molar-refractivity contribution in [1.82, 2.24) is 0 Å². The Labute approximate surface area is 154 Å². The molecule has 0 aromatic carbocycles. The molecule has 0 unspecified atom stereocenters. The van der Waals surface area contributed by atoms with Crippen molar-refractivity contribution in [2.75, 3.05) is 0 Å². The topological polar surface area (TPSA) is 26.3 Å². The van der Waals surface area contributed by atoms with Gasteiger partial charge in [-0.3, -0.25) is 4.79 Å². The Morgan fingerprint density at radius 1 is 0.696 bits per heavy atom. The number of hydrogen-bond acceptors (Lipinski definition) is 2. The van der Waals surface area contributed by atoms with Crippen molar-refractivity contribution in [3.8, 4) is 0 Å². The van der Waals surface area contributed by atoms with Crippen molar-refractivity contribution in [1.29, 1.82) is 0 Å². The minimum atomic E-state index is -1.03. The van der Waals surface area contributed by atoms with E-state index in [-0.39, 0.29) is 5.97 Å². The fourth-order valence-corrected chi connectivity index (χ4v) is 3.00. The minimum absolute atomic E-state index is 0.297. The molecule has 0 aliphatic carbocycles. The molecule has 0 saturated heterocycles. The van der Waals surface area contributed by atoms with E-state index in [4.69, 9.17) is 22.9 Å². The Kier molecular flexibility index (Phi) is 18.5. The average Bonchev–Trinajstić information content (AvgIpc) is 2.50. The lowest BCUT2D eigenvalue weighted by molar-refractivity contribution is -0.134. The molecule has 0 atom stereocenters. The van der Waals surface area contributed by atoms with Crippen molar-refractivity contribution in [2.45, 2.75) is 110 Å². The monoisotopic (exact) mass is 364 g/mol. The molecular weight excluding hydrogens is 330 g/mol. The highest BCUT2D eigenvalue weighted by Gasteiger charge is 2.13. The lowest BCUT2D eigenvalue weighted by atomic mass is 10.0. The maximum Gasteiger partial charge on any atom is 0.578 e. The summed E-state index contributed by atoms with van der Waals surface area (Å²) in [5, 5.41) is 0. The summed E-state index contributed by atoms with van der Waals surface area (Å²) in [7, 11) is 0. The van der Waals surface area contributed by atoms with Crippen LogP contribution in [0.2, 0.25) is 0 Å². The summed E-state index contributed by atoms with van der Waals surface area (Å²) in [5.74, 6) is -1.33. The van der Waals surface area contributed by atoms with Gasteiger partial charge in [-0.1, -0.05) is 96.8 Å². The van der Waals surface area contributed by atoms with Crippen LogP contribution in [0.15, 0.2) is 0 Å². The van der Waals surface area contributed by atoms with E-state index in [2.05, 4.69) is 11.6 Å². The van der Waals surface area contributed by atoms with E-state index in [0.717, 1.165) is 12.8 Å². The zero-order valence-corrected chi connectivity index (χ0v) is 16.5. The van der Waals surface area contributed by atoms with E-state index in [1.54, 1.807) is 0 Å². The van der Waals surface area contributed by atoms with Crippen LogP contribution >= 0.6 is 22.9 Å². The second-order valence-electron chi connectivity index (χ2n) is 6.45. The summed E-state index contributed by atoms with van der Waals surface area (Å²) in [5.41, 5.74) is 0. The third-order valence-corrected chi connectivity index (χ3v) is 4.38. The number of carbonyl (C=O) groups excluding carboxylic acids is 1. The molecule has 0 heterocycles. The van der Waals surface area contributed by atoms with Gasteiger partial charge < -0.3 is 4.65 Å². The molecule has 0 spiro atoms. The molecule has 0 aromatic heterocycles. The van der Waals surface area contributed by atoms with Crippen LogP contribution in [0.25, 0.3) is 0 Å². The van der Waals surface area contributed by atoms with E-state index in [1.165, 1.54) is 83.5 Å². The van der Waals surface area contributed by atoms with Crippen molar-refractivity contribution in [3.63, 3.8) is 0 Å². The van der Waals surface area contributed by atoms with Gasteiger partial charge in [-0.15, -0.1) is 22.9 Å². The Balaban J connectivity index is 3.06. The zero-order chi connectivity index (χ0) is 17.2. The lowest BCUT2D eigenvalue weighted by Crippen LogP contribution is -2.10. The van der Waals surface area contributed by atoms with E-state index < -0.39 is 5.75 Å². The van der Waals surface area contributed by atoms with E-state index in [0.29, 0.717) is 6.42 Å². The van der Waals surface area contributed by atoms with Crippen molar-refractivity contribution >= 4 is 34.6 Å². The first-order chi connectivity index (χ1) is 11.2. The third-order valence-electron chi connectivity index (χ3n) is 4.20. The van der Waals surface area contributed by atoms with Crippen molar-refractivity contribution in [3.05, 3.63) is 0 Å². The fourth-order valence-electron chi connectivity index (χ4n) is 2.80. The molecule has 0 aromatic rings. The number of unbranched alkanes of at least 4 members (excludes halogenated alkanes) is 14. The SMILES string of the molecule is CCCCCCCCCCCCCCCCCC(=O)OB(Cl)Cl. The predicted octanol–water partition coefficient (Wildman–Crippen LogP) is 7.25. The molecule has 0 radical (unpaired) electrons. The maximum absolute atomic E-state index is 11.2. The predicted molar refractivity (Wildman–Crippen MR) is 103 cm³/mol.